The first kappa shape index (κ1) is 12.5. The molecular formula is C12H17NO3. The number of pyridine rings is 1. The minimum absolute atomic E-state index is 0.179. The van der Waals surface area contributed by atoms with Crippen molar-refractivity contribution in [1.29, 1.82) is 0 Å². The molecule has 4 heteroatoms. The Morgan fingerprint density at radius 3 is 2.75 bits per heavy atom. The molecule has 4 nitrogen and oxygen atoms in total. The first-order valence-electron chi connectivity index (χ1n) is 5.56. The molecule has 0 amide bonds. The van der Waals surface area contributed by atoms with Crippen LogP contribution in [0.2, 0.25) is 0 Å². The molecule has 0 saturated carbocycles. The summed E-state index contributed by atoms with van der Waals surface area (Å²) < 4.78 is 5.38. The van der Waals surface area contributed by atoms with Gasteiger partial charge in [-0.15, -0.1) is 0 Å². The zero-order valence-corrected chi connectivity index (χ0v) is 9.48. The van der Waals surface area contributed by atoms with E-state index in [0.29, 0.717) is 12.5 Å². The van der Waals surface area contributed by atoms with E-state index >= 15 is 0 Å². The number of carboxylic acids is 1. The second-order valence-electron chi connectivity index (χ2n) is 3.60. The maximum Gasteiger partial charge on any atom is 0.337 e. The molecule has 0 aromatic carbocycles. The summed E-state index contributed by atoms with van der Waals surface area (Å²) in [6.07, 6.45) is 5.89. The molecule has 16 heavy (non-hydrogen) atoms. The van der Waals surface area contributed by atoms with Crippen LogP contribution in [0.25, 0.3) is 0 Å². The van der Waals surface area contributed by atoms with Crippen LogP contribution in [0.4, 0.5) is 0 Å². The number of carboxylic acid groups (broad SMARTS) is 1. The quantitative estimate of drug-likeness (QED) is 0.722. The van der Waals surface area contributed by atoms with Gasteiger partial charge in [0.1, 0.15) is 0 Å². The van der Waals surface area contributed by atoms with Gasteiger partial charge in [0, 0.05) is 12.3 Å². The van der Waals surface area contributed by atoms with Gasteiger partial charge in [0.25, 0.3) is 0 Å². The van der Waals surface area contributed by atoms with Gasteiger partial charge in [0.2, 0.25) is 5.88 Å². The van der Waals surface area contributed by atoms with Crippen molar-refractivity contribution in [2.24, 2.45) is 0 Å². The number of unbranched alkanes of at least 4 members (excludes halogenated alkanes) is 3. The van der Waals surface area contributed by atoms with Crippen molar-refractivity contribution in [1.82, 2.24) is 4.98 Å². The highest BCUT2D eigenvalue weighted by molar-refractivity contribution is 5.87. The molecule has 88 valence electrons. The lowest BCUT2D eigenvalue weighted by Crippen LogP contribution is -2.01. The summed E-state index contributed by atoms with van der Waals surface area (Å²) in [5.41, 5.74) is 0.179. The van der Waals surface area contributed by atoms with Gasteiger partial charge in [-0.05, 0) is 12.5 Å². The monoisotopic (exact) mass is 223 g/mol. The molecule has 1 aromatic heterocycles. The standard InChI is InChI=1S/C12H17NO3/c1-2-3-4-5-8-16-11-7-6-10(9-13-11)12(14)15/h6-7,9H,2-5,8H2,1H3,(H,14,15). The molecule has 0 unspecified atom stereocenters. The number of nitrogens with zero attached hydrogens (tertiary/aromatic N) is 1. The Kier molecular flexibility index (Phi) is 5.32. The maximum atomic E-state index is 10.6. The van der Waals surface area contributed by atoms with Crippen molar-refractivity contribution >= 4 is 5.97 Å². The number of rotatable bonds is 7. The number of hydrogen-bond acceptors (Lipinski definition) is 3. The molecule has 1 N–H and O–H groups in total. The van der Waals surface area contributed by atoms with Gasteiger partial charge in [-0.25, -0.2) is 9.78 Å². The van der Waals surface area contributed by atoms with Crippen LogP contribution in [-0.2, 0) is 0 Å². The summed E-state index contributed by atoms with van der Waals surface area (Å²) in [7, 11) is 0. The van der Waals surface area contributed by atoms with Crippen LogP contribution in [0.5, 0.6) is 5.88 Å². The number of hydrogen-bond donors (Lipinski definition) is 1. The molecule has 0 aliphatic rings. The Labute approximate surface area is 95.3 Å². The van der Waals surface area contributed by atoms with Crippen LogP contribution in [0.15, 0.2) is 18.3 Å². The molecule has 1 rings (SSSR count). The topological polar surface area (TPSA) is 59.4 Å². The van der Waals surface area contributed by atoms with E-state index in [2.05, 4.69) is 11.9 Å². The zero-order chi connectivity index (χ0) is 11.8. The smallest absolute Gasteiger partial charge is 0.337 e. The molecule has 1 aromatic rings. The van der Waals surface area contributed by atoms with Gasteiger partial charge in [0.15, 0.2) is 0 Å². The Balaban J connectivity index is 2.29. The van der Waals surface area contributed by atoms with Gasteiger partial charge in [-0.2, -0.15) is 0 Å². The molecular weight excluding hydrogens is 206 g/mol. The van der Waals surface area contributed by atoms with E-state index in [1.165, 1.54) is 25.1 Å². The van der Waals surface area contributed by atoms with Crippen LogP contribution < -0.4 is 4.74 Å². The summed E-state index contributed by atoms with van der Waals surface area (Å²) in [6.45, 7) is 2.80. The third-order valence-electron chi connectivity index (χ3n) is 2.23. The summed E-state index contributed by atoms with van der Waals surface area (Å²) in [4.78, 5) is 14.5. The van der Waals surface area contributed by atoms with Crippen molar-refractivity contribution in [3.05, 3.63) is 23.9 Å². The van der Waals surface area contributed by atoms with E-state index in [-0.39, 0.29) is 5.56 Å². The number of carbonyl (C=O) groups is 1. The van der Waals surface area contributed by atoms with Crippen LogP contribution in [0, 0.1) is 0 Å². The molecule has 0 aliphatic heterocycles. The lowest BCUT2D eigenvalue weighted by atomic mass is 10.2. The minimum Gasteiger partial charge on any atom is -0.478 e. The lowest BCUT2D eigenvalue weighted by Gasteiger charge is -2.04. The van der Waals surface area contributed by atoms with Crippen molar-refractivity contribution in [3.8, 4) is 5.88 Å². The summed E-state index contributed by atoms with van der Waals surface area (Å²) in [5.74, 6) is -0.483. The molecule has 0 radical (unpaired) electrons. The largest absolute Gasteiger partial charge is 0.478 e. The first-order chi connectivity index (χ1) is 7.74. The predicted octanol–water partition coefficient (Wildman–Crippen LogP) is 2.74. The highest BCUT2D eigenvalue weighted by Crippen LogP contribution is 2.08. The Morgan fingerprint density at radius 2 is 2.19 bits per heavy atom. The summed E-state index contributed by atoms with van der Waals surface area (Å²) in [6, 6.07) is 3.08. The molecule has 0 atom stereocenters. The van der Waals surface area contributed by atoms with E-state index in [1.807, 2.05) is 0 Å². The third-order valence-corrected chi connectivity index (χ3v) is 2.23. The van der Waals surface area contributed by atoms with E-state index < -0.39 is 5.97 Å². The number of ether oxygens (including phenoxy) is 1. The van der Waals surface area contributed by atoms with Gasteiger partial charge >= 0.3 is 5.97 Å². The third kappa shape index (κ3) is 4.29. The van der Waals surface area contributed by atoms with E-state index in [0.717, 1.165) is 12.8 Å². The number of aromatic nitrogens is 1. The van der Waals surface area contributed by atoms with Crippen molar-refractivity contribution in [3.63, 3.8) is 0 Å². The van der Waals surface area contributed by atoms with Crippen LogP contribution in [-0.4, -0.2) is 22.7 Å². The SMILES string of the molecule is CCCCCCOc1ccc(C(=O)O)cn1. The summed E-state index contributed by atoms with van der Waals surface area (Å²) >= 11 is 0. The lowest BCUT2D eigenvalue weighted by molar-refractivity contribution is 0.0696. The molecule has 1 heterocycles. The fraction of sp³-hybridized carbons (Fsp3) is 0.500. The van der Waals surface area contributed by atoms with Gasteiger partial charge in [-0.1, -0.05) is 26.2 Å². The Morgan fingerprint density at radius 1 is 1.38 bits per heavy atom. The zero-order valence-electron chi connectivity index (χ0n) is 9.48. The molecule has 0 fully saturated rings. The normalized spacial score (nSPS) is 10.1. The predicted molar refractivity (Wildman–Crippen MR) is 60.8 cm³/mol. The summed E-state index contributed by atoms with van der Waals surface area (Å²) in [5, 5.41) is 8.67. The fourth-order valence-corrected chi connectivity index (χ4v) is 1.30. The average Bonchev–Trinajstić information content (AvgIpc) is 2.29. The minimum atomic E-state index is -0.970. The van der Waals surface area contributed by atoms with E-state index in [1.54, 1.807) is 6.07 Å². The number of aromatic carboxylic acids is 1. The van der Waals surface area contributed by atoms with Gasteiger partial charge < -0.3 is 9.84 Å². The second kappa shape index (κ2) is 6.82. The highest BCUT2D eigenvalue weighted by atomic mass is 16.5. The molecule has 0 spiro atoms. The maximum absolute atomic E-state index is 10.6. The molecule has 0 bridgehead atoms. The van der Waals surface area contributed by atoms with Gasteiger partial charge in [0.05, 0.1) is 12.2 Å². The average molecular weight is 223 g/mol. The Bertz CT molecular complexity index is 322. The van der Waals surface area contributed by atoms with Crippen molar-refractivity contribution in [2.75, 3.05) is 6.61 Å². The van der Waals surface area contributed by atoms with Crippen molar-refractivity contribution in [2.45, 2.75) is 32.6 Å². The second-order valence-corrected chi connectivity index (χ2v) is 3.60. The molecule has 0 aliphatic carbocycles. The first-order valence-corrected chi connectivity index (χ1v) is 5.56. The van der Waals surface area contributed by atoms with Crippen LogP contribution in [0.3, 0.4) is 0 Å². The van der Waals surface area contributed by atoms with E-state index in [9.17, 15) is 4.79 Å². The Hall–Kier alpha value is -1.58. The highest BCUT2D eigenvalue weighted by Gasteiger charge is 2.02. The van der Waals surface area contributed by atoms with Gasteiger partial charge in [-0.3, -0.25) is 0 Å². The van der Waals surface area contributed by atoms with Crippen LogP contribution >= 0.6 is 0 Å². The van der Waals surface area contributed by atoms with Crippen LogP contribution in [0.1, 0.15) is 43.0 Å². The van der Waals surface area contributed by atoms with E-state index in [4.69, 9.17) is 9.84 Å². The van der Waals surface area contributed by atoms with Crippen molar-refractivity contribution < 1.29 is 14.6 Å². The molecule has 0 saturated heterocycles. The fourth-order valence-electron chi connectivity index (χ4n) is 1.30.